The maximum atomic E-state index is 13.1. The van der Waals surface area contributed by atoms with Crippen LogP contribution < -0.4 is 25.4 Å². The SMILES string of the molecule is CCNCc1ccc(NC(=C2C(=O)Nc3cc(C#N)ccc32)c2ccc3c(c2)OCCO3)cc1. The zero-order valence-electron chi connectivity index (χ0n) is 18.8. The summed E-state index contributed by atoms with van der Waals surface area (Å²) >= 11 is 0. The summed E-state index contributed by atoms with van der Waals surface area (Å²) in [6.07, 6.45) is 0. The lowest BCUT2D eigenvalue weighted by molar-refractivity contribution is -0.110. The van der Waals surface area contributed by atoms with Gasteiger partial charge in [0.2, 0.25) is 0 Å². The number of hydrogen-bond donors (Lipinski definition) is 3. The molecule has 7 nitrogen and oxygen atoms in total. The fraction of sp³-hybridized carbons (Fsp3) is 0.185. The smallest absolute Gasteiger partial charge is 0.258 e. The first-order valence-electron chi connectivity index (χ1n) is 11.2. The lowest BCUT2D eigenvalue weighted by atomic mass is 9.98. The van der Waals surface area contributed by atoms with E-state index >= 15 is 0 Å². The Morgan fingerprint density at radius 3 is 2.59 bits per heavy atom. The average Bonchev–Trinajstić information content (AvgIpc) is 3.21. The van der Waals surface area contributed by atoms with E-state index in [2.05, 4.69) is 41.1 Å². The van der Waals surface area contributed by atoms with Crippen molar-refractivity contribution in [3.63, 3.8) is 0 Å². The number of rotatable bonds is 6. The number of carbonyl (C=O) groups excluding carboxylic acids is 1. The zero-order chi connectivity index (χ0) is 23.5. The highest BCUT2D eigenvalue weighted by atomic mass is 16.6. The van der Waals surface area contributed by atoms with Crippen molar-refractivity contribution < 1.29 is 14.3 Å². The van der Waals surface area contributed by atoms with E-state index in [0.717, 1.165) is 29.9 Å². The highest BCUT2D eigenvalue weighted by Crippen LogP contribution is 2.40. The van der Waals surface area contributed by atoms with E-state index in [9.17, 15) is 10.1 Å². The number of carbonyl (C=O) groups is 1. The molecule has 0 unspecified atom stereocenters. The summed E-state index contributed by atoms with van der Waals surface area (Å²) in [6, 6.07) is 21.1. The van der Waals surface area contributed by atoms with Crippen LogP contribution in [0.2, 0.25) is 0 Å². The molecule has 3 N–H and O–H groups in total. The first kappa shape index (κ1) is 21.6. The van der Waals surface area contributed by atoms with Crippen molar-refractivity contribution in [2.24, 2.45) is 0 Å². The van der Waals surface area contributed by atoms with Crippen molar-refractivity contribution >= 4 is 28.6 Å². The van der Waals surface area contributed by atoms with Crippen molar-refractivity contribution in [1.29, 1.82) is 5.26 Å². The molecule has 2 aliphatic heterocycles. The quantitative estimate of drug-likeness (QED) is 0.481. The van der Waals surface area contributed by atoms with E-state index in [1.165, 1.54) is 5.56 Å². The third-order valence-corrected chi connectivity index (χ3v) is 5.78. The van der Waals surface area contributed by atoms with Crippen molar-refractivity contribution in [2.45, 2.75) is 13.5 Å². The molecule has 2 heterocycles. The molecule has 5 rings (SSSR count). The van der Waals surface area contributed by atoms with Gasteiger partial charge in [0.1, 0.15) is 13.2 Å². The first-order chi connectivity index (χ1) is 16.7. The van der Waals surface area contributed by atoms with Crippen LogP contribution >= 0.6 is 0 Å². The van der Waals surface area contributed by atoms with Crippen LogP contribution in [0.25, 0.3) is 11.3 Å². The molecule has 34 heavy (non-hydrogen) atoms. The summed E-state index contributed by atoms with van der Waals surface area (Å²) in [5.41, 5.74) is 5.84. The van der Waals surface area contributed by atoms with Crippen LogP contribution in [0.5, 0.6) is 11.5 Å². The molecule has 2 aliphatic rings. The van der Waals surface area contributed by atoms with Crippen molar-refractivity contribution in [3.8, 4) is 17.6 Å². The predicted octanol–water partition coefficient (Wildman–Crippen LogP) is 4.37. The Hall–Kier alpha value is -4.28. The molecule has 7 heteroatoms. The Balaban J connectivity index is 1.60. The minimum absolute atomic E-state index is 0.230. The van der Waals surface area contributed by atoms with Gasteiger partial charge < -0.3 is 25.4 Å². The van der Waals surface area contributed by atoms with Crippen molar-refractivity contribution in [2.75, 3.05) is 30.4 Å². The minimum Gasteiger partial charge on any atom is -0.486 e. The van der Waals surface area contributed by atoms with E-state index in [0.29, 0.717) is 47.2 Å². The molecule has 0 bridgehead atoms. The lowest BCUT2D eigenvalue weighted by Gasteiger charge is -2.21. The summed E-state index contributed by atoms with van der Waals surface area (Å²) in [5, 5.41) is 18.9. The molecule has 0 radical (unpaired) electrons. The number of fused-ring (bicyclic) bond motifs is 2. The first-order valence-corrected chi connectivity index (χ1v) is 11.2. The summed E-state index contributed by atoms with van der Waals surface area (Å²) < 4.78 is 11.5. The predicted molar refractivity (Wildman–Crippen MR) is 131 cm³/mol. The molecular formula is C27H24N4O3. The minimum atomic E-state index is -0.230. The van der Waals surface area contributed by atoms with Gasteiger partial charge in [0.25, 0.3) is 5.91 Å². The van der Waals surface area contributed by atoms with Gasteiger partial charge in [-0.25, -0.2) is 0 Å². The molecule has 0 aromatic heterocycles. The number of anilines is 2. The van der Waals surface area contributed by atoms with E-state index in [-0.39, 0.29) is 5.91 Å². The molecule has 0 saturated carbocycles. The largest absolute Gasteiger partial charge is 0.486 e. The number of nitriles is 1. The van der Waals surface area contributed by atoms with Crippen LogP contribution in [-0.2, 0) is 11.3 Å². The Kier molecular flexibility index (Phi) is 5.90. The Bertz CT molecular complexity index is 1320. The normalized spacial score (nSPS) is 15.2. The highest BCUT2D eigenvalue weighted by Gasteiger charge is 2.29. The van der Waals surface area contributed by atoms with E-state index in [4.69, 9.17) is 9.47 Å². The topological polar surface area (TPSA) is 95.4 Å². The van der Waals surface area contributed by atoms with Crippen LogP contribution in [0.15, 0.2) is 60.7 Å². The Labute approximate surface area is 198 Å². The third kappa shape index (κ3) is 4.19. The average molecular weight is 453 g/mol. The van der Waals surface area contributed by atoms with Gasteiger partial charge in [0, 0.05) is 23.4 Å². The zero-order valence-corrected chi connectivity index (χ0v) is 18.8. The number of ether oxygens (including phenoxy) is 2. The molecule has 0 spiro atoms. The molecule has 0 atom stereocenters. The van der Waals surface area contributed by atoms with Gasteiger partial charge in [-0.1, -0.05) is 25.1 Å². The number of hydrogen-bond acceptors (Lipinski definition) is 6. The van der Waals surface area contributed by atoms with Gasteiger partial charge in [-0.2, -0.15) is 5.26 Å². The van der Waals surface area contributed by atoms with Gasteiger partial charge in [0.15, 0.2) is 11.5 Å². The number of amides is 1. The van der Waals surface area contributed by atoms with Crippen LogP contribution in [-0.4, -0.2) is 25.7 Å². The van der Waals surface area contributed by atoms with Gasteiger partial charge in [-0.05, 0) is 54.6 Å². The van der Waals surface area contributed by atoms with Crippen molar-refractivity contribution in [1.82, 2.24) is 5.32 Å². The molecule has 1 amide bonds. The number of benzene rings is 3. The van der Waals surface area contributed by atoms with Crippen molar-refractivity contribution in [3.05, 3.63) is 82.9 Å². The van der Waals surface area contributed by atoms with E-state index in [1.54, 1.807) is 18.2 Å². The second kappa shape index (κ2) is 9.30. The molecule has 170 valence electrons. The summed E-state index contributed by atoms with van der Waals surface area (Å²) in [6.45, 7) is 4.76. The second-order valence-corrected chi connectivity index (χ2v) is 8.04. The molecule has 0 fully saturated rings. The Morgan fingerprint density at radius 1 is 1.03 bits per heavy atom. The molecular weight excluding hydrogens is 428 g/mol. The summed E-state index contributed by atoms with van der Waals surface area (Å²) in [7, 11) is 0. The second-order valence-electron chi connectivity index (χ2n) is 8.04. The maximum Gasteiger partial charge on any atom is 0.258 e. The standard InChI is InChI=1S/C27H24N4O3/c1-2-29-16-17-3-7-20(8-4-17)30-26(19-6-10-23-24(14-19)34-12-11-33-23)25-21-9-5-18(15-28)13-22(21)31-27(25)32/h3-10,13-14,29-30H,2,11-12,16H2,1H3,(H,31,32). The van der Waals surface area contributed by atoms with Gasteiger partial charge in [-0.15, -0.1) is 0 Å². The number of nitrogens with one attached hydrogen (secondary N) is 3. The Morgan fingerprint density at radius 2 is 1.82 bits per heavy atom. The van der Waals surface area contributed by atoms with Crippen LogP contribution in [0.4, 0.5) is 11.4 Å². The maximum absolute atomic E-state index is 13.1. The van der Waals surface area contributed by atoms with Crippen LogP contribution in [0, 0.1) is 11.3 Å². The van der Waals surface area contributed by atoms with Gasteiger partial charge in [-0.3, -0.25) is 4.79 Å². The summed E-state index contributed by atoms with van der Waals surface area (Å²) in [5.74, 6) is 1.09. The molecule has 0 saturated heterocycles. The highest BCUT2D eigenvalue weighted by molar-refractivity contribution is 6.37. The molecule has 3 aromatic rings. The molecule has 0 aliphatic carbocycles. The van der Waals surface area contributed by atoms with E-state index < -0.39 is 0 Å². The van der Waals surface area contributed by atoms with Crippen LogP contribution in [0.3, 0.4) is 0 Å². The molecule has 3 aromatic carbocycles. The lowest BCUT2D eigenvalue weighted by Crippen LogP contribution is -2.16. The van der Waals surface area contributed by atoms with Gasteiger partial charge in [0.05, 0.1) is 28.6 Å². The van der Waals surface area contributed by atoms with E-state index in [1.807, 2.05) is 30.3 Å². The van der Waals surface area contributed by atoms with Gasteiger partial charge >= 0.3 is 0 Å². The van der Waals surface area contributed by atoms with Crippen LogP contribution in [0.1, 0.15) is 29.2 Å². The third-order valence-electron chi connectivity index (χ3n) is 5.78. The fourth-order valence-electron chi connectivity index (χ4n) is 4.09. The monoisotopic (exact) mass is 452 g/mol. The summed E-state index contributed by atoms with van der Waals surface area (Å²) in [4.78, 5) is 13.1. The fourth-order valence-corrected chi connectivity index (χ4v) is 4.09. The number of nitrogens with zero attached hydrogens (tertiary/aromatic N) is 1.